The molecule has 1 aliphatic carbocycles. The van der Waals surface area contributed by atoms with Gasteiger partial charge in [-0.1, -0.05) is 48.0 Å². The van der Waals surface area contributed by atoms with Crippen molar-refractivity contribution in [2.75, 3.05) is 7.11 Å². The minimum absolute atomic E-state index is 0.958. The second-order valence-electron chi connectivity index (χ2n) is 5.02. The van der Waals surface area contributed by atoms with E-state index in [2.05, 4.69) is 54.6 Å². The minimum Gasteiger partial charge on any atom is -0.497 e. The van der Waals surface area contributed by atoms with Crippen molar-refractivity contribution in [2.24, 2.45) is 0 Å². The highest BCUT2D eigenvalue weighted by molar-refractivity contribution is 5.55. The van der Waals surface area contributed by atoms with Crippen LogP contribution in [0, 0.1) is 0 Å². The van der Waals surface area contributed by atoms with Crippen LogP contribution in [-0.2, 0) is 12.8 Å². The summed E-state index contributed by atoms with van der Waals surface area (Å²) >= 11 is 0. The van der Waals surface area contributed by atoms with Crippen molar-refractivity contribution >= 4 is 6.08 Å². The second-order valence-corrected chi connectivity index (χ2v) is 5.02. The Morgan fingerprint density at radius 1 is 0.947 bits per heavy atom. The van der Waals surface area contributed by atoms with Crippen molar-refractivity contribution in [2.45, 2.75) is 19.3 Å². The van der Waals surface area contributed by atoms with Crippen LogP contribution in [0.25, 0.3) is 6.08 Å². The van der Waals surface area contributed by atoms with E-state index in [0.717, 1.165) is 25.0 Å². The quantitative estimate of drug-likeness (QED) is 0.773. The molecular formula is C18H18O. The first-order valence-electron chi connectivity index (χ1n) is 6.75. The molecular weight excluding hydrogens is 232 g/mol. The van der Waals surface area contributed by atoms with Crippen LogP contribution >= 0.6 is 0 Å². The fourth-order valence-corrected chi connectivity index (χ4v) is 2.67. The highest BCUT2D eigenvalue weighted by atomic mass is 16.5. The first-order chi connectivity index (χ1) is 9.35. The molecule has 0 radical (unpaired) electrons. The third kappa shape index (κ3) is 2.70. The Hall–Kier alpha value is -2.02. The molecule has 0 N–H and O–H groups in total. The number of ether oxygens (including phenoxy) is 1. The molecule has 0 aromatic heterocycles. The number of aryl methyl sites for hydroxylation is 1. The minimum atomic E-state index is 0.958. The third-order valence-electron chi connectivity index (χ3n) is 3.72. The number of fused-ring (bicyclic) bond motifs is 1. The fourth-order valence-electron chi connectivity index (χ4n) is 2.67. The molecule has 19 heavy (non-hydrogen) atoms. The van der Waals surface area contributed by atoms with Crippen LogP contribution in [0.3, 0.4) is 0 Å². The Balaban J connectivity index is 1.87. The molecule has 0 fully saturated rings. The summed E-state index contributed by atoms with van der Waals surface area (Å²) in [4.78, 5) is 0. The van der Waals surface area contributed by atoms with Gasteiger partial charge >= 0.3 is 0 Å². The number of hydrogen-bond acceptors (Lipinski definition) is 1. The zero-order valence-corrected chi connectivity index (χ0v) is 11.2. The van der Waals surface area contributed by atoms with E-state index < -0.39 is 0 Å². The Kier molecular flexibility index (Phi) is 3.37. The lowest BCUT2D eigenvalue weighted by Crippen LogP contribution is -2.05. The number of methoxy groups -OCH3 is 1. The van der Waals surface area contributed by atoms with Gasteiger partial charge in [0.15, 0.2) is 0 Å². The highest BCUT2D eigenvalue weighted by Gasteiger charge is 2.13. The number of benzene rings is 2. The molecule has 3 rings (SSSR count). The van der Waals surface area contributed by atoms with Gasteiger partial charge in [-0.15, -0.1) is 0 Å². The summed E-state index contributed by atoms with van der Waals surface area (Å²) in [6, 6.07) is 17.0. The topological polar surface area (TPSA) is 9.23 Å². The first-order valence-corrected chi connectivity index (χ1v) is 6.75. The van der Waals surface area contributed by atoms with E-state index in [1.807, 2.05) is 0 Å². The van der Waals surface area contributed by atoms with Crippen LogP contribution in [0.1, 0.15) is 23.1 Å². The van der Waals surface area contributed by atoms with Crippen molar-refractivity contribution in [3.05, 3.63) is 70.8 Å². The summed E-state index contributed by atoms with van der Waals surface area (Å²) in [5, 5.41) is 0. The van der Waals surface area contributed by atoms with Crippen LogP contribution in [-0.4, -0.2) is 7.11 Å². The highest BCUT2D eigenvalue weighted by Crippen LogP contribution is 2.29. The van der Waals surface area contributed by atoms with Crippen molar-refractivity contribution in [1.29, 1.82) is 0 Å². The number of rotatable bonds is 2. The fraction of sp³-hybridized carbons (Fsp3) is 0.222. The monoisotopic (exact) mass is 250 g/mol. The summed E-state index contributed by atoms with van der Waals surface area (Å²) in [5.74, 6) is 0.958. The maximum absolute atomic E-state index is 5.31. The van der Waals surface area contributed by atoms with Crippen molar-refractivity contribution in [3.8, 4) is 5.75 Å². The van der Waals surface area contributed by atoms with E-state index in [4.69, 9.17) is 4.74 Å². The van der Waals surface area contributed by atoms with Gasteiger partial charge in [-0.3, -0.25) is 0 Å². The molecule has 0 amide bonds. The molecule has 1 nitrogen and oxygen atoms in total. The maximum Gasteiger partial charge on any atom is 0.119 e. The largest absolute Gasteiger partial charge is 0.497 e. The lowest BCUT2D eigenvalue weighted by molar-refractivity contribution is 0.414. The Bertz CT molecular complexity index is 596. The van der Waals surface area contributed by atoms with Gasteiger partial charge in [0, 0.05) is 0 Å². The zero-order chi connectivity index (χ0) is 13.1. The summed E-state index contributed by atoms with van der Waals surface area (Å²) in [7, 11) is 1.73. The van der Waals surface area contributed by atoms with Crippen LogP contribution in [0.5, 0.6) is 5.75 Å². The van der Waals surface area contributed by atoms with Crippen LogP contribution in [0.2, 0.25) is 0 Å². The molecule has 0 saturated heterocycles. The average molecular weight is 250 g/mol. The van der Waals surface area contributed by atoms with Crippen molar-refractivity contribution in [1.82, 2.24) is 0 Å². The second kappa shape index (κ2) is 5.31. The predicted octanol–water partition coefficient (Wildman–Crippen LogP) is 4.27. The summed E-state index contributed by atoms with van der Waals surface area (Å²) in [6.07, 6.45) is 5.66. The summed E-state index contributed by atoms with van der Waals surface area (Å²) in [6.45, 7) is 0. The molecule has 0 bridgehead atoms. The van der Waals surface area contributed by atoms with Crippen LogP contribution in [0.15, 0.2) is 54.1 Å². The molecule has 0 saturated carbocycles. The van der Waals surface area contributed by atoms with Gasteiger partial charge in [0.05, 0.1) is 7.11 Å². The summed E-state index contributed by atoms with van der Waals surface area (Å²) in [5.41, 5.74) is 5.68. The van der Waals surface area contributed by atoms with E-state index in [0.29, 0.717) is 0 Å². The molecule has 0 aliphatic heterocycles. The van der Waals surface area contributed by atoms with E-state index in [-0.39, 0.29) is 0 Å². The normalized spacial score (nSPS) is 16.2. The molecule has 1 heteroatoms. The van der Waals surface area contributed by atoms with Crippen molar-refractivity contribution in [3.63, 3.8) is 0 Å². The summed E-state index contributed by atoms with van der Waals surface area (Å²) < 4.78 is 5.31. The van der Waals surface area contributed by atoms with Crippen molar-refractivity contribution < 1.29 is 4.74 Å². The number of allylic oxidation sites excluding steroid dienone is 1. The standard InChI is InChI=1S/C18H18O/c1-19-18-10-9-16-8-7-15(12-17(16)13-18)11-14-5-3-2-4-6-14/h2-6,9-11,13H,7-8,12H2,1H3/b15-11+. The zero-order valence-electron chi connectivity index (χ0n) is 11.2. The van der Waals surface area contributed by atoms with Gasteiger partial charge in [0.1, 0.15) is 5.75 Å². The van der Waals surface area contributed by atoms with E-state index >= 15 is 0 Å². The molecule has 1 aliphatic rings. The maximum atomic E-state index is 5.31. The lowest BCUT2D eigenvalue weighted by Gasteiger charge is -2.19. The molecule has 0 heterocycles. The van der Waals surface area contributed by atoms with Gasteiger partial charge in [-0.05, 0) is 48.1 Å². The first kappa shape index (κ1) is 12.0. The van der Waals surface area contributed by atoms with Gasteiger partial charge in [-0.2, -0.15) is 0 Å². The van der Waals surface area contributed by atoms with Crippen LogP contribution < -0.4 is 4.74 Å². The Morgan fingerprint density at radius 3 is 2.58 bits per heavy atom. The lowest BCUT2D eigenvalue weighted by atomic mass is 9.87. The smallest absolute Gasteiger partial charge is 0.119 e. The molecule has 2 aromatic carbocycles. The van der Waals surface area contributed by atoms with Gasteiger partial charge in [-0.25, -0.2) is 0 Å². The van der Waals surface area contributed by atoms with E-state index in [9.17, 15) is 0 Å². The Morgan fingerprint density at radius 2 is 1.79 bits per heavy atom. The SMILES string of the molecule is COc1ccc2c(c1)C/C(=C/c1ccccc1)CC2. The predicted molar refractivity (Wildman–Crippen MR) is 79.4 cm³/mol. The molecule has 0 atom stereocenters. The van der Waals surface area contributed by atoms with Crippen LogP contribution in [0.4, 0.5) is 0 Å². The molecule has 96 valence electrons. The van der Waals surface area contributed by atoms with Gasteiger partial charge < -0.3 is 4.74 Å². The van der Waals surface area contributed by atoms with Gasteiger partial charge in [0.2, 0.25) is 0 Å². The van der Waals surface area contributed by atoms with E-state index in [1.54, 1.807) is 7.11 Å². The molecule has 0 spiro atoms. The Labute approximate surface area is 114 Å². The third-order valence-corrected chi connectivity index (χ3v) is 3.72. The van der Waals surface area contributed by atoms with Gasteiger partial charge in [0.25, 0.3) is 0 Å². The molecule has 0 unspecified atom stereocenters. The van der Waals surface area contributed by atoms with E-state index in [1.165, 1.54) is 22.3 Å². The number of hydrogen-bond donors (Lipinski definition) is 0. The average Bonchev–Trinajstić information content (AvgIpc) is 2.47. The molecule has 2 aromatic rings.